The number of hydrogen-bond acceptors (Lipinski definition) is 5. The summed E-state index contributed by atoms with van der Waals surface area (Å²) >= 11 is 3.20. The monoisotopic (exact) mass is 375 g/mol. The van der Waals surface area contributed by atoms with Crippen LogP contribution in [0, 0.1) is 0 Å². The molecule has 1 saturated heterocycles. The van der Waals surface area contributed by atoms with Crippen LogP contribution in [0.25, 0.3) is 0 Å². The van der Waals surface area contributed by atoms with Gasteiger partial charge >= 0.3 is 0 Å². The highest BCUT2D eigenvalue weighted by Crippen LogP contribution is 2.28. The largest absolute Gasteiger partial charge is 0.398 e. The molecule has 1 aromatic carbocycles. The number of imide groups is 1. The minimum Gasteiger partial charge on any atom is -0.398 e. The van der Waals surface area contributed by atoms with E-state index >= 15 is 0 Å². The number of carbonyl (C=O) groups excluding carboxylic acids is 2. The number of sulfonamides is 1. The molecule has 3 N–H and O–H groups in total. The first-order valence-corrected chi connectivity index (χ1v) is 8.41. The average Bonchev–Trinajstić information content (AvgIpc) is 2.37. The van der Waals surface area contributed by atoms with Gasteiger partial charge in [0.15, 0.2) is 0 Å². The summed E-state index contributed by atoms with van der Waals surface area (Å²) in [5.74, 6) is -1.27. The summed E-state index contributed by atoms with van der Waals surface area (Å²) < 4.78 is 26.9. The number of nitrogen functional groups attached to an aromatic ring is 1. The second-order valence-corrected chi connectivity index (χ2v) is 7.34. The summed E-state index contributed by atoms with van der Waals surface area (Å²) in [5.41, 5.74) is 5.80. The van der Waals surface area contributed by atoms with Crippen molar-refractivity contribution in [3.05, 3.63) is 22.7 Å². The second kappa shape index (κ2) is 5.74. The Balaban J connectivity index is 2.50. The lowest BCUT2D eigenvalue weighted by atomic mass is 10.2. The van der Waals surface area contributed by atoms with Gasteiger partial charge in [-0.3, -0.25) is 14.9 Å². The molecule has 0 spiro atoms. The number of anilines is 1. The summed E-state index contributed by atoms with van der Waals surface area (Å²) in [5, 5.41) is 2.13. The minimum absolute atomic E-state index is 0.0534. The van der Waals surface area contributed by atoms with Crippen molar-refractivity contribution in [2.24, 2.45) is 0 Å². The fourth-order valence-corrected chi connectivity index (χ4v) is 4.26. The number of nitrogens with zero attached hydrogens (tertiary/aromatic N) is 1. The molecule has 0 aliphatic carbocycles. The van der Waals surface area contributed by atoms with Crippen LogP contribution < -0.4 is 11.1 Å². The number of halogens is 1. The van der Waals surface area contributed by atoms with Crippen LogP contribution in [0.5, 0.6) is 0 Å². The Morgan fingerprint density at radius 2 is 2.10 bits per heavy atom. The molecular weight excluding hydrogens is 362 g/mol. The topological polar surface area (TPSA) is 110 Å². The van der Waals surface area contributed by atoms with Crippen LogP contribution in [0.1, 0.15) is 13.3 Å². The fourth-order valence-electron chi connectivity index (χ4n) is 2.16. The number of rotatable bonds is 3. The van der Waals surface area contributed by atoms with Gasteiger partial charge in [-0.2, -0.15) is 4.31 Å². The van der Waals surface area contributed by atoms with E-state index in [9.17, 15) is 18.0 Å². The van der Waals surface area contributed by atoms with Crippen molar-refractivity contribution < 1.29 is 18.0 Å². The van der Waals surface area contributed by atoms with Crippen LogP contribution in [-0.4, -0.2) is 37.1 Å². The molecule has 1 aromatic rings. The highest BCUT2D eigenvalue weighted by Gasteiger charge is 2.41. The number of nitrogens with two attached hydrogens (primary N) is 1. The van der Waals surface area contributed by atoms with E-state index in [0.717, 1.165) is 4.31 Å². The predicted molar refractivity (Wildman–Crippen MR) is 79.7 cm³/mol. The maximum atomic E-state index is 12.7. The minimum atomic E-state index is -4.03. The molecule has 7 nitrogen and oxygen atoms in total. The molecule has 0 saturated carbocycles. The lowest BCUT2D eigenvalue weighted by molar-refractivity contribution is -0.137. The van der Waals surface area contributed by atoms with Gasteiger partial charge in [-0.1, -0.05) is 22.9 Å². The van der Waals surface area contributed by atoms with Gasteiger partial charge in [-0.15, -0.1) is 0 Å². The summed E-state index contributed by atoms with van der Waals surface area (Å²) in [6.45, 7) is 1.27. The molecule has 1 aliphatic heterocycles. The molecular formula is C12H14BrN3O4S. The van der Waals surface area contributed by atoms with Gasteiger partial charge in [0, 0.05) is 4.47 Å². The van der Waals surface area contributed by atoms with Crippen LogP contribution >= 0.6 is 15.9 Å². The molecule has 114 valence electrons. The summed E-state index contributed by atoms with van der Waals surface area (Å²) in [6.07, 6.45) is 0.259. The van der Waals surface area contributed by atoms with E-state index in [1.165, 1.54) is 18.2 Å². The smallest absolute Gasteiger partial charge is 0.246 e. The van der Waals surface area contributed by atoms with Crippen LogP contribution in [0.2, 0.25) is 0 Å². The molecule has 21 heavy (non-hydrogen) atoms. The van der Waals surface area contributed by atoms with Crippen molar-refractivity contribution >= 4 is 43.5 Å². The normalized spacial score (nSPS) is 20.4. The van der Waals surface area contributed by atoms with Gasteiger partial charge in [0.1, 0.15) is 10.9 Å². The second-order valence-electron chi connectivity index (χ2n) is 4.57. The fraction of sp³-hybridized carbons (Fsp3) is 0.333. The van der Waals surface area contributed by atoms with E-state index < -0.39 is 34.4 Å². The summed E-state index contributed by atoms with van der Waals surface area (Å²) in [7, 11) is -4.03. The predicted octanol–water partition coefficient (Wildman–Crippen LogP) is 0.457. The zero-order chi connectivity index (χ0) is 15.8. The van der Waals surface area contributed by atoms with E-state index in [0.29, 0.717) is 4.47 Å². The van der Waals surface area contributed by atoms with Crippen LogP contribution in [0.4, 0.5) is 5.69 Å². The van der Waals surface area contributed by atoms with Crippen molar-refractivity contribution in [3.63, 3.8) is 0 Å². The Labute approximate surface area is 130 Å². The SMILES string of the molecule is CCC1C(=O)NC(=O)CN1S(=O)(=O)c1ccc(Br)cc1N. The van der Waals surface area contributed by atoms with E-state index in [2.05, 4.69) is 21.2 Å². The van der Waals surface area contributed by atoms with Gasteiger partial charge in [-0.05, 0) is 24.6 Å². The van der Waals surface area contributed by atoms with Crippen molar-refractivity contribution in [1.29, 1.82) is 0 Å². The quantitative estimate of drug-likeness (QED) is 0.588. The average molecular weight is 376 g/mol. The molecule has 0 aromatic heterocycles. The van der Waals surface area contributed by atoms with Crippen molar-refractivity contribution in [1.82, 2.24) is 9.62 Å². The van der Waals surface area contributed by atoms with Crippen LogP contribution in [0.15, 0.2) is 27.6 Å². The Morgan fingerprint density at radius 1 is 1.43 bits per heavy atom. The molecule has 1 fully saturated rings. The number of amides is 2. The number of carbonyl (C=O) groups is 2. The third-order valence-corrected chi connectivity index (χ3v) is 5.58. The summed E-state index contributed by atoms with van der Waals surface area (Å²) in [4.78, 5) is 23.2. The third kappa shape index (κ3) is 2.94. The van der Waals surface area contributed by atoms with Crippen molar-refractivity contribution in [2.75, 3.05) is 12.3 Å². The number of hydrogen-bond donors (Lipinski definition) is 2. The Hall–Kier alpha value is -1.45. The lowest BCUT2D eigenvalue weighted by Gasteiger charge is -2.32. The maximum absolute atomic E-state index is 12.7. The van der Waals surface area contributed by atoms with Gasteiger partial charge < -0.3 is 5.73 Å². The molecule has 1 unspecified atom stereocenters. The van der Waals surface area contributed by atoms with Gasteiger partial charge in [0.25, 0.3) is 0 Å². The molecule has 2 rings (SSSR count). The number of benzene rings is 1. The molecule has 1 heterocycles. The van der Waals surface area contributed by atoms with Gasteiger partial charge in [0.05, 0.1) is 12.2 Å². The van der Waals surface area contributed by atoms with Gasteiger partial charge in [-0.25, -0.2) is 8.42 Å². The molecule has 0 bridgehead atoms. The standard InChI is InChI=1S/C12H14BrN3O4S/c1-2-9-12(18)15-11(17)6-16(9)21(19,20)10-4-3-7(13)5-8(10)14/h3-5,9H,2,6,14H2,1H3,(H,15,17,18). The first kappa shape index (κ1) is 15.9. The Bertz CT molecular complexity index is 704. The highest BCUT2D eigenvalue weighted by molar-refractivity contribution is 9.10. The van der Waals surface area contributed by atoms with Crippen LogP contribution in [0.3, 0.4) is 0 Å². The van der Waals surface area contributed by atoms with E-state index in [1.54, 1.807) is 6.92 Å². The zero-order valence-electron chi connectivity index (χ0n) is 11.2. The van der Waals surface area contributed by atoms with Crippen molar-refractivity contribution in [3.8, 4) is 0 Å². The zero-order valence-corrected chi connectivity index (χ0v) is 13.6. The lowest BCUT2D eigenvalue weighted by Crippen LogP contribution is -2.59. The molecule has 2 amide bonds. The maximum Gasteiger partial charge on any atom is 0.246 e. The van der Waals surface area contributed by atoms with Crippen LogP contribution in [-0.2, 0) is 19.6 Å². The van der Waals surface area contributed by atoms with Gasteiger partial charge in [0.2, 0.25) is 21.8 Å². The van der Waals surface area contributed by atoms with E-state index in [1.807, 2.05) is 0 Å². The van der Waals surface area contributed by atoms with Crippen molar-refractivity contribution in [2.45, 2.75) is 24.3 Å². The first-order valence-electron chi connectivity index (χ1n) is 6.18. The molecule has 1 atom stereocenters. The number of piperazine rings is 1. The molecule has 0 radical (unpaired) electrons. The molecule has 9 heteroatoms. The highest BCUT2D eigenvalue weighted by atomic mass is 79.9. The first-order chi connectivity index (χ1) is 9.77. The number of nitrogens with one attached hydrogen (secondary N) is 1. The van der Waals surface area contributed by atoms with E-state index in [-0.39, 0.29) is 17.0 Å². The molecule has 1 aliphatic rings. The summed E-state index contributed by atoms with van der Waals surface area (Å²) in [6, 6.07) is 3.42. The Morgan fingerprint density at radius 3 is 2.67 bits per heavy atom. The third-order valence-electron chi connectivity index (χ3n) is 3.16. The van der Waals surface area contributed by atoms with E-state index in [4.69, 9.17) is 5.73 Å². The Kier molecular flexibility index (Phi) is 4.35.